The van der Waals surface area contributed by atoms with Gasteiger partial charge in [0.05, 0.1) is 12.8 Å². The molecule has 0 atom stereocenters. The van der Waals surface area contributed by atoms with Gasteiger partial charge < -0.3 is 14.8 Å². The molecule has 1 N–H and O–H groups in total. The summed E-state index contributed by atoms with van der Waals surface area (Å²) < 4.78 is 11.7. The number of amides is 1. The fraction of sp³-hybridized carbons (Fsp3) is 0.350. The average molecular weight is 406 g/mol. The Morgan fingerprint density at radius 1 is 1.29 bits per heavy atom. The van der Waals surface area contributed by atoms with Gasteiger partial charge in [0.25, 0.3) is 5.91 Å². The number of nitrogens with one attached hydrogen (secondary N) is 1. The van der Waals surface area contributed by atoms with Crippen molar-refractivity contribution in [1.82, 2.24) is 9.78 Å². The molecule has 0 fully saturated rings. The Morgan fingerprint density at radius 2 is 2.00 bits per heavy atom. The average Bonchev–Trinajstić information content (AvgIpc) is 2.96. The highest BCUT2D eigenvalue weighted by molar-refractivity contribution is 6.31. The van der Waals surface area contributed by atoms with Gasteiger partial charge in [-0.05, 0) is 43.7 Å². The van der Waals surface area contributed by atoms with Crippen molar-refractivity contribution in [2.24, 2.45) is 0 Å². The molecule has 1 aromatic carbocycles. The van der Waals surface area contributed by atoms with Crippen molar-refractivity contribution in [1.29, 1.82) is 0 Å². The van der Waals surface area contributed by atoms with Gasteiger partial charge in [-0.2, -0.15) is 5.10 Å². The molecule has 8 heteroatoms. The SMILES string of the molecule is CCCCn1nc(C)c(/C=C/C(=O)OCC(=O)Nc2ccc(OC)cc2)c1Cl. The number of esters is 1. The van der Waals surface area contributed by atoms with E-state index in [1.807, 2.05) is 6.92 Å². The molecule has 0 unspecified atom stereocenters. The molecule has 7 nitrogen and oxygen atoms in total. The van der Waals surface area contributed by atoms with E-state index in [-0.39, 0.29) is 0 Å². The Bertz CT molecular complexity index is 844. The van der Waals surface area contributed by atoms with E-state index < -0.39 is 18.5 Å². The predicted molar refractivity (Wildman–Crippen MR) is 108 cm³/mol. The maximum absolute atomic E-state index is 11.9. The van der Waals surface area contributed by atoms with Gasteiger partial charge in [0.15, 0.2) is 6.61 Å². The summed E-state index contributed by atoms with van der Waals surface area (Å²) in [5, 5.41) is 7.48. The number of nitrogens with zero attached hydrogens (tertiary/aromatic N) is 2. The van der Waals surface area contributed by atoms with Gasteiger partial charge >= 0.3 is 5.97 Å². The monoisotopic (exact) mass is 405 g/mol. The number of halogens is 1. The van der Waals surface area contributed by atoms with Crippen LogP contribution in [0.4, 0.5) is 5.69 Å². The second-order valence-electron chi connectivity index (χ2n) is 6.08. The minimum Gasteiger partial charge on any atom is -0.497 e. The van der Waals surface area contributed by atoms with Crippen molar-refractivity contribution in [3.05, 3.63) is 46.8 Å². The maximum Gasteiger partial charge on any atom is 0.331 e. The molecule has 1 aromatic heterocycles. The number of rotatable bonds is 9. The fourth-order valence-electron chi connectivity index (χ4n) is 2.42. The molecule has 2 aromatic rings. The van der Waals surface area contributed by atoms with E-state index in [0.717, 1.165) is 25.1 Å². The van der Waals surface area contributed by atoms with Gasteiger partial charge in [0.1, 0.15) is 10.9 Å². The third-order valence-corrected chi connectivity index (χ3v) is 4.34. The minimum atomic E-state index is -0.637. The van der Waals surface area contributed by atoms with E-state index in [0.29, 0.717) is 22.2 Å². The smallest absolute Gasteiger partial charge is 0.331 e. The van der Waals surface area contributed by atoms with Crippen LogP contribution in [0.1, 0.15) is 31.0 Å². The van der Waals surface area contributed by atoms with Crippen molar-refractivity contribution >= 4 is 35.2 Å². The minimum absolute atomic E-state index is 0.391. The maximum atomic E-state index is 11.9. The molecule has 28 heavy (non-hydrogen) atoms. The van der Waals surface area contributed by atoms with Gasteiger partial charge in [-0.3, -0.25) is 9.48 Å². The number of hydrogen-bond donors (Lipinski definition) is 1. The van der Waals surface area contributed by atoms with E-state index in [1.165, 1.54) is 6.08 Å². The van der Waals surface area contributed by atoms with Crippen LogP contribution >= 0.6 is 11.6 Å². The van der Waals surface area contributed by atoms with Crippen LogP contribution in [0.3, 0.4) is 0 Å². The molecule has 0 bridgehead atoms. The van der Waals surface area contributed by atoms with E-state index in [4.69, 9.17) is 21.1 Å². The largest absolute Gasteiger partial charge is 0.497 e. The van der Waals surface area contributed by atoms with Crippen LogP contribution < -0.4 is 10.1 Å². The van der Waals surface area contributed by atoms with Crippen LogP contribution in [0, 0.1) is 6.92 Å². The zero-order valence-corrected chi connectivity index (χ0v) is 17.0. The molecule has 0 saturated carbocycles. The lowest BCUT2D eigenvalue weighted by Crippen LogP contribution is -2.20. The number of carbonyl (C=O) groups excluding carboxylic acids is 2. The number of benzene rings is 1. The second kappa shape index (κ2) is 10.5. The van der Waals surface area contributed by atoms with Gasteiger partial charge in [-0.1, -0.05) is 24.9 Å². The van der Waals surface area contributed by atoms with Crippen LogP contribution in [-0.2, 0) is 20.9 Å². The fourth-order valence-corrected chi connectivity index (χ4v) is 2.74. The Balaban J connectivity index is 1.86. The first-order valence-corrected chi connectivity index (χ1v) is 9.34. The van der Waals surface area contributed by atoms with Crippen LogP contribution in [0.15, 0.2) is 30.3 Å². The lowest BCUT2D eigenvalue weighted by molar-refractivity contribution is -0.142. The molecule has 0 radical (unpaired) electrons. The van der Waals surface area contributed by atoms with Crippen LogP contribution in [-0.4, -0.2) is 35.4 Å². The van der Waals surface area contributed by atoms with Gasteiger partial charge in [-0.25, -0.2) is 4.79 Å². The molecule has 1 heterocycles. The first-order valence-electron chi connectivity index (χ1n) is 8.96. The molecule has 0 saturated heterocycles. The number of methoxy groups -OCH3 is 1. The van der Waals surface area contributed by atoms with Crippen molar-refractivity contribution in [3.63, 3.8) is 0 Å². The number of ether oxygens (including phenoxy) is 2. The van der Waals surface area contributed by atoms with Crippen LogP contribution in [0.2, 0.25) is 5.15 Å². The number of carbonyl (C=O) groups is 2. The quantitative estimate of drug-likeness (QED) is 0.506. The molecule has 0 aliphatic heterocycles. The highest BCUT2D eigenvalue weighted by atomic mass is 35.5. The molecule has 1 amide bonds. The van der Waals surface area contributed by atoms with Gasteiger partial charge in [-0.15, -0.1) is 0 Å². The summed E-state index contributed by atoms with van der Waals surface area (Å²) in [5.41, 5.74) is 1.97. The summed E-state index contributed by atoms with van der Waals surface area (Å²) in [6.07, 6.45) is 4.79. The van der Waals surface area contributed by atoms with E-state index in [1.54, 1.807) is 42.1 Å². The van der Waals surface area contributed by atoms with Crippen molar-refractivity contribution in [3.8, 4) is 5.75 Å². The number of aromatic nitrogens is 2. The highest BCUT2D eigenvalue weighted by Gasteiger charge is 2.12. The van der Waals surface area contributed by atoms with E-state index in [2.05, 4.69) is 17.3 Å². The molecular weight excluding hydrogens is 382 g/mol. The van der Waals surface area contributed by atoms with Crippen molar-refractivity contribution in [2.75, 3.05) is 19.0 Å². The summed E-state index contributed by atoms with van der Waals surface area (Å²) in [6.45, 7) is 4.24. The van der Waals surface area contributed by atoms with Crippen LogP contribution in [0.25, 0.3) is 6.08 Å². The summed E-state index contributed by atoms with van der Waals surface area (Å²) >= 11 is 6.31. The zero-order valence-electron chi connectivity index (χ0n) is 16.2. The number of hydrogen-bond acceptors (Lipinski definition) is 5. The van der Waals surface area contributed by atoms with Crippen LogP contribution in [0.5, 0.6) is 5.75 Å². The first kappa shape index (κ1) is 21.5. The van der Waals surface area contributed by atoms with Gasteiger partial charge in [0.2, 0.25) is 0 Å². The second-order valence-corrected chi connectivity index (χ2v) is 6.44. The van der Waals surface area contributed by atoms with Crippen molar-refractivity contribution in [2.45, 2.75) is 33.2 Å². The van der Waals surface area contributed by atoms with Crippen molar-refractivity contribution < 1.29 is 19.1 Å². The standard InChI is InChI=1S/C20H24ClN3O4/c1-4-5-12-24-20(21)17(14(2)23-24)10-11-19(26)28-13-18(25)22-15-6-8-16(27-3)9-7-15/h6-11H,4-5,12-13H2,1-3H3,(H,22,25)/b11-10+. The molecule has 150 valence electrons. The summed E-state index contributed by atoms with van der Waals surface area (Å²) in [5.74, 6) is -0.392. The third kappa shape index (κ3) is 6.13. The number of aryl methyl sites for hydroxylation is 2. The summed E-state index contributed by atoms with van der Waals surface area (Å²) in [4.78, 5) is 23.8. The lowest BCUT2D eigenvalue weighted by Gasteiger charge is -2.06. The molecule has 0 spiro atoms. The Kier molecular flexibility index (Phi) is 8.07. The third-order valence-electron chi connectivity index (χ3n) is 3.94. The van der Waals surface area contributed by atoms with Gasteiger partial charge in [0, 0.05) is 23.9 Å². The predicted octanol–water partition coefficient (Wildman–Crippen LogP) is 3.85. The summed E-state index contributed by atoms with van der Waals surface area (Å²) in [6, 6.07) is 6.83. The Morgan fingerprint density at radius 3 is 2.64 bits per heavy atom. The normalized spacial score (nSPS) is 10.9. The number of anilines is 1. The first-order chi connectivity index (χ1) is 13.4. The molecule has 2 rings (SSSR count). The summed E-state index contributed by atoms with van der Waals surface area (Å²) in [7, 11) is 1.56. The van der Waals surface area contributed by atoms with E-state index in [9.17, 15) is 9.59 Å². The molecule has 0 aliphatic rings. The van der Waals surface area contributed by atoms with E-state index >= 15 is 0 Å². The lowest BCUT2D eigenvalue weighted by atomic mass is 10.2. The zero-order chi connectivity index (χ0) is 20.5. The highest BCUT2D eigenvalue weighted by Crippen LogP contribution is 2.22. The Hall–Kier alpha value is -2.80. The number of unbranched alkanes of at least 4 members (excludes halogenated alkanes) is 1. The molecule has 0 aliphatic carbocycles. The topological polar surface area (TPSA) is 82.5 Å². The molecular formula is C20H24ClN3O4. The Labute approximate surface area is 169 Å².